The quantitative estimate of drug-likeness (QED) is 0.654. The van der Waals surface area contributed by atoms with Crippen molar-refractivity contribution in [2.75, 3.05) is 19.6 Å². The SMILES string of the molecule is CCCNCC(CCC)N1CCCCC1CC. The lowest BCUT2D eigenvalue weighted by molar-refractivity contribution is 0.0853. The maximum absolute atomic E-state index is 3.62. The topological polar surface area (TPSA) is 15.3 Å². The molecule has 102 valence electrons. The highest BCUT2D eigenvalue weighted by Gasteiger charge is 2.26. The first-order chi connectivity index (χ1) is 8.33. The highest BCUT2D eigenvalue weighted by atomic mass is 15.2. The summed E-state index contributed by atoms with van der Waals surface area (Å²) >= 11 is 0. The van der Waals surface area contributed by atoms with E-state index >= 15 is 0 Å². The third-order valence-corrected chi connectivity index (χ3v) is 4.04. The Morgan fingerprint density at radius 2 is 2.00 bits per heavy atom. The Kier molecular flexibility index (Phi) is 7.87. The average molecular weight is 240 g/mol. The minimum atomic E-state index is 0.775. The molecule has 2 atom stereocenters. The number of nitrogens with one attached hydrogen (secondary N) is 1. The normalized spacial score (nSPS) is 23.8. The predicted molar refractivity (Wildman–Crippen MR) is 76.5 cm³/mol. The maximum atomic E-state index is 3.62. The van der Waals surface area contributed by atoms with Crippen LogP contribution >= 0.6 is 0 Å². The molecule has 1 fully saturated rings. The van der Waals surface area contributed by atoms with E-state index in [-0.39, 0.29) is 0 Å². The van der Waals surface area contributed by atoms with Gasteiger partial charge in [-0.05, 0) is 45.2 Å². The molecule has 1 N–H and O–H groups in total. The first-order valence-corrected chi connectivity index (χ1v) is 7.79. The second-order valence-corrected chi connectivity index (χ2v) is 5.44. The van der Waals surface area contributed by atoms with Crippen LogP contribution in [-0.2, 0) is 0 Å². The molecule has 0 bridgehead atoms. The van der Waals surface area contributed by atoms with Gasteiger partial charge in [0.25, 0.3) is 0 Å². The van der Waals surface area contributed by atoms with Gasteiger partial charge in [0.1, 0.15) is 0 Å². The summed E-state index contributed by atoms with van der Waals surface area (Å²) in [4.78, 5) is 2.80. The van der Waals surface area contributed by atoms with Crippen LogP contribution in [0.2, 0.25) is 0 Å². The van der Waals surface area contributed by atoms with E-state index in [0.29, 0.717) is 0 Å². The van der Waals surface area contributed by atoms with E-state index in [1.807, 2.05) is 0 Å². The van der Waals surface area contributed by atoms with Crippen LogP contribution < -0.4 is 5.32 Å². The van der Waals surface area contributed by atoms with Crippen molar-refractivity contribution in [1.82, 2.24) is 10.2 Å². The molecule has 1 rings (SSSR count). The van der Waals surface area contributed by atoms with Crippen molar-refractivity contribution < 1.29 is 0 Å². The van der Waals surface area contributed by atoms with Crippen LogP contribution in [0.3, 0.4) is 0 Å². The van der Waals surface area contributed by atoms with E-state index in [9.17, 15) is 0 Å². The molecule has 17 heavy (non-hydrogen) atoms. The van der Waals surface area contributed by atoms with Gasteiger partial charge in [-0.2, -0.15) is 0 Å². The molecule has 2 unspecified atom stereocenters. The molecular weight excluding hydrogens is 208 g/mol. The van der Waals surface area contributed by atoms with Crippen LogP contribution in [0.4, 0.5) is 0 Å². The zero-order valence-corrected chi connectivity index (χ0v) is 12.2. The predicted octanol–water partition coefficient (Wildman–Crippen LogP) is 3.42. The summed E-state index contributed by atoms with van der Waals surface area (Å²) < 4.78 is 0. The number of hydrogen-bond donors (Lipinski definition) is 1. The third kappa shape index (κ3) is 4.97. The van der Waals surface area contributed by atoms with E-state index in [1.165, 1.54) is 64.6 Å². The van der Waals surface area contributed by atoms with Crippen LogP contribution in [0.5, 0.6) is 0 Å². The van der Waals surface area contributed by atoms with Gasteiger partial charge in [0.2, 0.25) is 0 Å². The Morgan fingerprint density at radius 1 is 1.18 bits per heavy atom. The van der Waals surface area contributed by atoms with Gasteiger partial charge in [-0.3, -0.25) is 4.90 Å². The van der Waals surface area contributed by atoms with Crippen LogP contribution in [0.1, 0.15) is 65.7 Å². The van der Waals surface area contributed by atoms with Crippen molar-refractivity contribution in [3.05, 3.63) is 0 Å². The van der Waals surface area contributed by atoms with Gasteiger partial charge < -0.3 is 5.32 Å². The smallest absolute Gasteiger partial charge is 0.0223 e. The lowest BCUT2D eigenvalue weighted by Gasteiger charge is -2.41. The van der Waals surface area contributed by atoms with Crippen LogP contribution in [-0.4, -0.2) is 36.6 Å². The fourth-order valence-electron chi connectivity index (χ4n) is 3.11. The fraction of sp³-hybridized carbons (Fsp3) is 1.00. The zero-order valence-electron chi connectivity index (χ0n) is 12.2. The molecule has 2 nitrogen and oxygen atoms in total. The number of rotatable bonds is 8. The molecule has 0 aromatic heterocycles. The van der Waals surface area contributed by atoms with E-state index in [4.69, 9.17) is 0 Å². The Labute approximate surface area is 108 Å². The molecule has 0 aliphatic carbocycles. The molecule has 1 saturated heterocycles. The van der Waals surface area contributed by atoms with Crippen LogP contribution in [0, 0.1) is 0 Å². The molecule has 0 aromatic rings. The Morgan fingerprint density at radius 3 is 2.65 bits per heavy atom. The fourth-order valence-corrected chi connectivity index (χ4v) is 3.11. The van der Waals surface area contributed by atoms with E-state index < -0.39 is 0 Å². The van der Waals surface area contributed by atoms with Gasteiger partial charge in [0.05, 0.1) is 0 Å². The molecule has 0 spiro atoms. The molecule has 1 aliphatic heterocycles. The summed E-state index contributed by atoms with van der Waals surface area (Å²) in [6, 6.07) is 1.63. The highest BCUT2D eigenvalue weighted by molar-refractivity contribution is 4.83. The Balaban J connectivity index is 2.47. The maximum Gasteiger partial charge on any atom is 0.0223 e. The largest absolute Gasteiger partial charge is 0.315 e. The van der Waals surface area contributed by atoms with Gasteiger partial charge in [-0.1, -0.05) is 33.6 Å². The first kappa shape index (κ1) is 15.0. The molecule has 0 saturated carbocycles. The van der Waals surface area contributed by atoms with Gasteiger partial charge >= 0.3 is 0 Å². The zero-order chi connectivity index (χ0) is 12.5. The van der Waals surface area contributed by atoms with Crippen molar-refractivity contribution >= 4 is 0 Å². The van der Waals surface area contributed by atoms with Crippen molar-refractivity contribution in [2.45, 2.75) is 77.8 Å². The van der Waals surface area contributed by atoms with E-state index in [2.05, 4.69) is 31.0 Å². The van der Waals surface area contributed by atoms with Crippen molar-refractivity contribution in [3.63, 3.8) is 0 Å². The lowest BCUT2D eigenvalue weighted by Crippen LogP contribution is -2.50. The summed E-state index contributed by atoms with van der Waals surface area (Å²) in [6.07, 6.45) is 9.51. The molecule has 0 amide bonds. The van der Waals surface area contributed by atoms with Crippen molar-refractivity contribution in [1.29, 1.82) is 0 Å². The number of likely N-dealkylation sites (tertiary alicyclic amines) is 1. The number of hydrogen-bond acceptors (Lipinski definition) is 2. The Bertz CT molecular complexity index is 182. The lowest BCUT2D eigenvalue weighted by atomic mass is 9.96. The third-order valence-electron chi connectivity index (χ3n) is 4.04. The minimum absolute atomic E-state index is 0.775. The number of nitrogens with zero attached hydrogens (tertiary/aromatic N) is 1. The first-order valence-electron chi connectivity index (χ1n) is 7.79. The summed E-state index contributed by atoms with van der Waals surface area (Å²) in [5.41, 5.74) is 0. The van der Waals surface area contributed by atoms with Gasteiger partial charge in [-0.25, -0.2) is 0 Å². The molecular formula is C15H32N2. The summed E-state index contributed by atoms with van der Waals surface area (Å²) in [5, 5.41) is 3.62. The van der Waals surface area contributed by atoms with Crippen molar-refractivity contribution in [3.8, 4) is 0 Å². The van der Waals surface area contributed by atoms with Crippen molar-refractivity contribution in [2.24, 2.45) is 0 Å². The van der Waals surface area contributed by atoms with Crippen LogP contribution in [0.15, 0.2) is 0 Å². The van der Waals surface area contributed by atoms with E-state index in [1.54, 1.807) is 0 Å². The van der Waals surface area contributed by atoms with Crippen LogP contribution in [0.25, 0.3) is 0 Å². The molecule has 0 radical (unpaired) electrons. The minimum Gasteiger partial charge on any atom is -0.315 e. The molecule has 2 heteroatoms. The average Bonchev–Trinajstić information content (AvgIpc) is 2.38. The standard InChI is InChI=1S/C15H32N2/c1-4-9-15(13-16-11-5-2)17-12-8-7-10-14(17)6-3/h14-16H,4-13H2,1-3H3. The van der Waals surface area contributed by atoms with Gasteiger partial charge in [0, 0.05) is 18.6 Å². The number of piperidine rings is 1. The monoisotopic (exact) mass is 240 g/mol. The molecule has 1 aliphatic rings. The Hall–Kier alpha value is -0.0800. The van der Waals surface area contributed by atoms with Gasteiger partial charge in [-0.15, -0.1) is 0 Å². The van der Waals surface area contributed by atoms with Gasteiger partial charge in [0.15, 0.2) is 0 Å². The second-order valence-electron chi connectivity index (χ2n) is 5.44. The summed E-state index contributed by atoms with van der Waals surface area (Å²) in [6.45, 7) is 10.6. The molecule has 0 aromatic carbocycles. The summed E-state index contributed by atoms with van der Waals surface area (Å²) in [7, 11) is 0. The van der Waals surface area contributed by atoms with E-state index in [0.717, 1.165) is 12.1 Å². The summed E-state index contributed by atoms with van der Waals surface area (Å²) in [5.74, 6) is 0. The second kappa shape index (κ2) is 8.93. The highest BCUT2D eigenvalue weighted by Crippen LogP contribution is 2.23. The molecule has 1 heterocycles.